The lowest BCUT2D eigenvalue weighted by Gasteiger charge is -2.00. The van der Waals surface area contributed by atoms with E-state index in [1.807, 2.05) is 36.4 Å². The lowest BCUT2D eigenvalue weighted by atomic mass is 10.1. The average molecular weight is 307 g/mol. The second kappa shape index (κ2) is 6.50. The maximum Gasteiger partial charge on any atom is 0.185 e. The van der Waals surface area contributed by atoms with Gasteiger partial charge in [0.25, 0.3) is 0 Å². The van der Waals surface area contributed by atoms with Crippen LogP contribution in [0.1, 0.15) is 21.6 Å². The molecule has 4 heteroatoms. The van der Waals surface area contributed by atoms with E-state index in [-0.39, 0.29) is 12.4 Å². The smallest absolute Gasteiger partial charge is 0.185 e. The highest BCUT2D eigenvalue weighted by Crippen LogP contribution is 2.28. The van der Waals surface area contributed by atoms with Crippen molar-refractivity contribution in [2.24, 2.45) is 0 Å². The molecule has 0 unspecified atom stereocenters. The molecule has 0 saturated carbocycles. The number of carbonyl (C=O) groups is 1. The van der Waals surface area contributed by atoms with Crippen LogP contribution in [0, 0.1) is 0 Å². The van der Waals surface area contributed by atoms with Crippen molar-refractivity contribution >= 4 is 22.8 Å². The minimum atomic E-state index is -0.129. The monoisotopic (exact) mass is 307 g/mol. The Morgan fingerprint density at radius 2 is 2.00 bits per heavy atom. The molecule has 0 fully saturated rings. The molecule has 3 aromatic rings. The number of aromatic nitrogens is 1. The van der Waals surface area contributed by atoms with Crippen molar-refractivity contribution in [3.63, 3.8) is 0 Å². The molecule has 1 aromatic heterocycles. The minimum absolute atomic E-state index is 0.0771. The van der Waals surface area contributed by atoms with Gasteiger partial charge in [-0.3, -0.25) is 4.79 Å². The van der Waals surface area contributed by atoms with Crippen LogP contribution in [0.5, 0.6) is 5.75 Å². The molecule has 0 amide bonds. The number of aliphatic hydroxyl groups excluding tert-OH is 1. The highest BCUT2D eigenvalue weighted by Gasteiger charge is 2.10. The number of allylic oxidation sites excluding steroid dienone is 1. The Morgan fingerprint density at radius 1 is 1.22 bits per heavy atom. The van der Waals surface area contributed by atoms with Crippen LogP contribution in [0.3, 0.4) is 0 Å². The molecule has 4 nitrogen and oxygen atoms in total. The molecule has 3 rings (SSSR count). The van der Waals surface area contributed by atoms with E-state index in [0.717, 1.165) is 22.2 Å². The van der Waals surface area contributed by atoms with E-state index < -0.39 is 0 Å². The van der Waals surface area contributed by atoms with E-state index >= 15 is 0 Å². The molecule has 1 heterocycles. The number of H-pyrrole nitrogens is 1. The molecule has 0 aliphatic carbocycles. The van der Waals surface area contributed by atoms with E-state index in [1.54, 1.807) is 25.3 Å². The summed E-state index contributed by atoms with van der Waals surface area (Å²) in [5, 5.41) is 10.5. The summed E-state index contributed by atoms with van der Waals surface area (Å²) >= 11 is 0. The SMILES string of the molecule is COc1ccc2[nH]c(CO)c(/C=C/C(=O)c3ccccc3)c2c1. The zero-order valence-electron chi connectivity index (χ0n) is 12.7. The van der Waals surface area contributed by atoms with Gasteiger partial charge in [0, 0.05) is 27.7 Å². The zero-order valence-corrected chi connectivity index (χ0v) is 12.7. The van der Waals surface area contributed by atoms with Crippen molar-refractivity contribution < 1.29 is 14.6 Å². The number of hydrogen-bond acceptors (Lipinski definition) is 3. The standard InChI is InChI=1S/C19H17NO3/c1-23-14-7-9-17-16(11-14)15(18(12-21)20-17)8-10-19(22)13-5-3-2-4-6-13/h2-11,20-21H,12H2,1H3/b10-8+. The first-order chi connectivity index (χ1) is 11.2. The third-order valence-electron chi connectivity index (χ3n) is 3.75. The highest BCUT2D eigenvalue weighted by molar-refractivity contribution is 6.08. The number of methoxy groups -OCH3 is 1. The lowest BCUT2D eigenvalue weighted by molar-refractivity contribution is 0.104. The molecule has 0 aliphatic heterocycles. The molecule has 0 bridgehead atoms. The number of aromatic amines is 1. The van der Waals surface area contributed by atoms with Gasteiger partial charge in [0.1, 0.15) is 5.75 Å². The highest BCUT2D eigenvalue weighted by atomic mass is 16.5. The van der Waals surface area contributed by atoms with Crippen molar-refractivity contribution in [1.29, 1.82) is 0 Å². The molecular formula is C19H17NO3. The van der Waals surface area contributed by atoms with Crippen molar-refractivity contribution in [3.8, 4) is 5.75 Å². The van der Waals surface area contributed by atoms with Gasteiger partial charge >= 0.3 is 0 Å². The summed E-state index contributed by atoms with van der Waals surface area (Å²) in [6.45, 7) is -0.129. The van der Waals surface area contributed by atoms with E-state index in [2.05, 4.69) is 4.98 Å². The van der Waals surface area contributed by atoms with Crippen LogP contribution in [0.25, 0.3) is 17.0 Å². The van der Waals surface area contributed by atoms with Gasteiger partial charge in [0.05, 0.1) is 13.7 Å². The Kier molecular flexibility index (Phi) is 4.26. The van der Waals surface area contributed by atoms with Crippen molar-refractivity contribution in [2.45, 2.75) is 6.61 Å². The molecule has 0 saturated heterocycles. The number of carbonyl (C=O) groups excluding carboxylic acids is 1. The summed E-state index contributed by atoms with van der Waals surface area (Å²) in [5.74, 6) is 0.650. The summed E-state index contributed by atoms with van der Waals surface area (Å²) in [5.41, 5.74) is 2.99. The first-order valence-electron chi connectivity index (χ1n) is 7.30. The van der Waals surface area contributed by atoms with Gasteiger partial charge in [-0.05, 0) is 30.4 Å². The van der Waals surface area contributed by atoms with E-state index in [0.29, 0.717) is 11.3 Å². The van der Waals surface area contributed by atoms with Crippen LogP contribution in [-0.4, -0.2) is 23.0 Å². The van der Waals surface area contributed by atoms with Gasteiger partial charge < -0.3 is 14.8 Å². The number of hydrogen-bond donors (Lipinski definition) is 2. The van der Waals surface area contributed by atoms with Crippen LogP contribution in [-0.2, 0) is 6.61 Å². The number of aliphatic hydroxyl groups is 1. The molecule has 116 valence electrons. The first-order valence-corrected chi connectivity index (χ1v) is 7.30. The van der Waals surface area contributed by atoms with E-state index in [1.165, 1.54) is 6.08 Å². The first kappa shape index (κ1) is 15.1. The summed E-state index contributed by atoms with van der Waals surface area (Å²) in [6, 6.07) is 14.7. The van der Waals surface area contributed by atoms with Crippen LogP contribution in [0.2, 0.25) is 0 Å². The third kappa shape index (κ3) is 3.03. The minimum Gasteiger partial charge on any atom is -0.497 e. The summed E-state index contributed by atoms with van der Waals surface area (Å²) < 4.78 is 5.25. The fourth-order valence-electron chi connectivity index (χ4n) is 2.55. The second-order valence-electron chi connectivity index (χ2n) is 5.15. The van der Waals surface area contributed by atoms with E-state index in [4.69, 9.17) is 4.74 Å². The van der Waals surface area contributed by atoms with Crippen LogP contribution >= 0.6 is 0 Å². The Hall–Kier alpha value is -2.85. The quantitative estimate of drug-likeness (QED) is 0.559. The largest absolute Gasteiger partial charge is 0.497 e. The Balaban J connectivity index is 2.01. The molecule has 0 aliphatic rings. The van der Waals surface area contributed by atoms with Gasteiger partial charge in [-0.15, -0.1) is 0 Å². The van der Waals surface area contributed by atoms with Crippen LogP contribution in [0.4, 0.5) is 0 Å². The zero-order chi connectivity index (χ0) is 16.2. The number of rotatable bonds is 5. The third-order valence-corrected chi connectivity index (χ3v) is 3.75. The fraction of sp³-hybridized carbons (Fsp3) is 0.105. The molecule has 0 spiro atoms. The average Bonchev–Trinajstić information content (AvgIpc) is 2.97. The van der Waals surface area contributed by atoms with Gasteiger partial charge in [0.2, 0.25) is 0 Å². The van der Waals surface area contributed by atoms with Crippen LogP contribution < -0.4 is 4.74 Å². The number of ketones is 1. The molecule has 0 atom stereocenters. The number of benzene rings is 2. The van der Waals surface area contributed by atoms with E-state index in [9.17, 15) is 9.90 Å². The van der Waals surface area contributed by atoms with Crippen molar-refractivity contribution in [2.75, 3.05) is 7.11 Å². The maximum atomic E-state index is 12.2. The maximum absolute atomic E-state index is 12.2. The van der Waals surface area contributed by atoms with Crippen LogP contribution in [0.15, 0.2) is 54.6 Å². The lowest BCUT2D eigenvalue weighted by Crippen LogP contribution is -1.93. The Labute approximate surface area is 134 Å². The molecule has 2 aromatic carbocycles. The number of fused-ring (bicyclic) bond motifs is 1. The summed E-state index contributed by atoms with van der Waals surface area (Å²) in [4.78, 5) is 15.4. The Morgan fingerprint density at radius 3 is 2.70 bits per heavy atom. The molecule has 0 radical (unpaired) electrons. The fourth-order valence-corrected chi connectivity index (χ4v) is 2.55. The summed E-state index contributed by atoms with van der Waals surface area (Å²) in [6.07, 6.45) is 3.26. The predicted molar refractivity (Wildman–Crippen MR) is 90.6 cm³/mol. The molecular weight excluding hydrogens is 290 g/mol. The normalized spacial score (nSPS) is 11.2. The predicted octanol–water partition coefficient (Wildman–Crippen LogP) is 3.56. The summed E-state index contributed by atoms with van der Waals surface area (Å²) in [7, 11) is 1.61. The van der Waals surface area contributed by atoms with Gasteiger partial charge in [-0.25, -0.2) is 0 Å². The second-order valence-corrected chi connectivity index (χ2v) is 5.15. The van der Waals surface area contributed by atoms with Crippen molar-refractivity contribution in [1.82, 2.24) is 4.98 Å². The van der Waals surface area contributed by atoms with Crippen molar-refractivity contribution in [3.05, 3.63) is 71.4 Å². The van der Waals surface area contributed by atoms with Gasteiger partial charge in [-0.1, -0.05) is 30.3 Å². The number of nitrogens with one attached hydrogen (secondary N) is 1. The topological polar surface area (TPSA) is 62.3 Å². The number of ether oxygens (including phenoxy) is 1. The van der Waals surface area contributed by atoms with Gasteiger partial charge in [-0.2, -0.15) is 0 Å². The molecule has 2 N–H and O–H groups in total. The Bertz CT molecular complexity index is 863. The van der Waals surface area contributed by atoms with Gasteiger partial charge in [0.15, 0.2) is 5.78 Å². The molecule has 23 heavy (non-hydrogen) atoms.